The molecule has 0 saturated heterocycles. The molecule has 2 rings (SSSR count). The maximum atomic E-state index is 11.9. The van der Waals surface area contributed by atoms with Crippen molar-refractivity contribution in [3.63, 3.8) is 0 Å². The number of thioether (sulfide) groups is 1. The number of fused-ring (bicyclic) bond motifs is 1. The Morgan fingerprint density at radius 3 is 3.00 bits per heavy atom. The predicted molar refractivity (Wildman–Crippen MR) is 71.1 cm³/mol. The van der Waals surface area contributed by atoms with Crippen molar-refractivity contribution in [3.8, 4) is 0 Å². The molecule has 7 heteroatoms. The van der Waals surface area contributed by atoms with Gasteiger partial charge < -0.3 is 5.73 Å². The number of carbonyl (C=O) groups is 1. The number of nitrogens with zero attached hydrogens (tertiary/aromatic N) is 3. The molecule has 0 radical (unpaired) electrons. The van der Waals surface area contributed by atoms with Gasteiger partial charge in [-0.25, -0.2) is 9.20 Å². The summed E-state index contributed by atoms with van der Waals surface area (Å²) in [5.74, 6) is 0.550. The topological polar surface area (TPSA) is 82.4 Å². The normalized spacial score (nSPS) is 12.8. The second kappa shape index (κ2) is 5.36. The molecule has 2 aromatic heterocycles. The Labute approximate surface area is 108 Å². The van der Waals surface area contributed by atoms with Crippen LogP contribution in [0.25, 0.3) is 5.65 Å². The van der Waals surface area contributed by atoms with E-state index in [4.69, 9.17) is 5.73 Å². The van der Waals surface area contributed by atoms with Crippen molar-refractivity contribution < 1.29 is 4.79 Å². The second-order valence-corrected chi connectivity index (χ2v) is 5.04. The Morgan fingerprint density at radius 2 is 2.33 bits per heavy atom. The lowest BCUT2D eigenvalue weighted by atomic mass is 10.4. The molecule has 0 saturated carbocycles. The second-order valence-electron chi connectivity index (χ2n) is 4.01. The van der Waals surface area contributed by atoms with Crippen LogP contribution in [0, 0.1) is 0 Å². The van der Waals surface area contributed by atoms with Gasteiger partial charge in [-0.3, -0.25) is 4.79 Å². The Kier molecular flexibility index (Phi) is 3.83. The van der Waals surface area contributed by atoms with E-state index in [0.717, 1.165) is 4.68 Å². The molecule has 1 atom stereocenters. The zero-order chi connectivity index (χ0) is 13.1. The highest BCUT2D eigenvalue weighted by molar-refractivity contribution is 8.00. The smallest absolute Gasteiger partial charge is 0.327 e. The van der Waals surface area contributed by atoms with Gasteiger partial charge in [-0.05, 0) is 19.1 Å². The number of pyridine rings is 1. The van der Waals surface area contributed by atoms with E-state index in [2.05, 4.69) is 5.10 Å². The van der Waals surface area contributed by atoms with E-state index in [-0.39, 0.29) is 17.7 Å². The molecule has 6 nitrogen and oxygen atoms in total. The van der Waals surface area contributed by atoms with E-state index in [0.29, 0.717) is 11.4 Å². The maximum Gasteiger partial charge on any atom is 0.357 e. The van der Waals surface area contributed by atoms with Crippen LogP contribution in [0.5, 0.6) is 0 Å². The summed E-state index contributed by atoms with van der Waals surface area (Å²) in [6.07, 6.45) is 1.59. The Hall–Kier alpha value is -1.60. The summed E-state index contributed by atoms with van der Waals surface area (Å²) >= 11 is 1.40. The molecular weight excluding hydrogens is 252 g/mol. The lowest BCUT2D eigenvalue weighted by Crippen LogP contribution is -2.29. The first-order valence-corrected chi connectivity index (χ1v) is 6.68. The third-order valence-corrected chi connectivity index (χ3v) is 3.48. The number of hydrogen-bond acceptors (Lipinski definition) is 5. The fourth-order valence-corrected chi connectivity index (χ4v) is 2.27. The molecule has 0 aromatic carbocycles. The molecule has 0 aliphatic rings. The molecule has 0 bridgehead atoms. The Balaban J connectivity index is 2.18. The van der Waals surface area contributed by atoms with Crippen LogP contribution in [-0.4, -0.2) is 37.6 Å². The average Bonchev–Trinajstić information content (AvgIpc) is 2.67. The summed E-state index contributed by atoms with van der Waals surface area (Å²) in [4.78, 5) is 23.7. The minimum atomic E-state index is -0.433. The van der Waals surface area contributed by atoms with Crippen molar-refractivity contribution in [2.24, 2.45) is 5.73 Å². The van der Waals surface area contributed by atoms with Crippen molar-refractivity contribution in [2.45, 2.75) is 13.0 Å². The van der Waals surface area contributed by atoms with Crippen molar-refractivity contribution in [1.29, 1.82) is 0 Å². The first-order chi connectivity index (χ1) is 8.59. The van der Waals surface area contributed by atoms with Gasteiger partial charge in [-0.15, -0.1) is 9.78 Å². The van der Waals surface area contributed by atoms with Crippen molar-refractivity contribution in [1.82, 2.24) is 14.2 Å². The van der Waals surface area contributed by atoms with Gasteiger partial charge in [0, 0.05) is 18.0 Å². The molecule has 0 fully saturated rings. The minimum absolute atomic E-state index is 0.0283. The lowest BCUT2D eigenvalue weighted by Gasteiger charge is -2.02. The summed E-state index contributed by atoms with van der Waals surface area (Å²) in [6.45, 7) is 1.87. The highest BCUT2D eigenvalue weighted by atomic mass is 32.2. The number of aromatic nitrogens is 3. The first-order valence-electron chi connectivity index (χ1n) is 5.52. The fraction of sp³-hybridized carbons (Fsp3) is 0.364. The molecule has 2 N–H and O–H groups in total. The van der Waals surface area contributed by atoms with E-state index in [9.17, 15) is 9.59 Å². The van der Waals surface area contributed by atoms with Crippen LogP contribution < -0.4 is 11.4 Å². The van der Waals surface area contributed by atoms with E-state index < -0.39 is 5.69 Å². The van der Waals surface area contributed by atoms with E-state index in [1.807, 2.05) is 6.92 Å². The standard InChI is InChI=1S/C11H14N4O2S/c1-8(12)6-18-7-10(16)15-11(17)14-5-3-2-4-9(14)13-15/h2-5,8H,6-7,12H2,1H3. The van der Waals surface area contributed by atoms with Gasteiger partial charge in [-0.1, -0.05) is 6.07 Å². The van der Waals surface area contributed by atoms with Crippen LogP contribution in [0.4, 0.5) is 0 Å². The van der Waals surface area contributed by atoms with Gasteiger partial charge in [0.1, 0.15) is 0 Å². The van der Waals surface area contributed by atoms with Gasteiger partial charge in [0.2, 0.25) is 0 Å². The quantitative estimate of drug-likeness (QED) is 0.855. The Morgan fingerprint density at radius 1 is 1.56 bits per heavy atom. The lowest BCUT2D eigenvalue weighted by molar-refractivity contribution is 0.0922. The van der Waals surface area contributed by atoms with Crippen LogP contribution >= 0.6 is 11.8 Å². The molecule has 18 heavy (non-hydrogen) atoms. The van der Waals surface area contributed by atoms with Crippen LogP contribution in [0.15, 0.2) is 29.2 Å². The van der Waals surface area contributed by atoms with Crippen LogP contribution in [0.2, 0.25) is 0 Å². The maximum absolute atomic E-state index is 11.9. The third kappa shape index (κ3) is 2.62. The molecule has 0 aliphatic heterocycles. The first kappa shape index (κ1) is 12.8. The van der Waals surface area contributed by atoms with Crippen molar-refractivity contribution in [3.05, 3.63) is 34.9 Å². The third-order valence-electron chi connectivity index (χ3n) is 2.27. The van der Waals surface area contributed by atoms with Gasteiger partial charge in [0.05, 0.1) is 5.75 Å². The van der Waals surface area contributed by atoms with Crippen LogP contribution in [0.3, 0.4) is 0 Å². The van der Waals surface area contributed by atoms with E-state index >= 15 is 0 Å². The van der Waals surface area contributed by atoms with Crippen molar-refractivity contribution in [2.75, 3.05) is 11.5 Å². The minimum Gasteiger partial charge on any atom is -0.327 e. The van der Waals surface area contributed by atoms with E-state index in [1.165, 1.54) is 16.2 Å². The van der Waals surface area contributed by atoms with Gasteiger partial charge in [0.15, 0.2) is 5.65 Å². The van der Waals surface area contributed by atoms with Crippen LogP contribution in [0.1, 0.15) is 11.7 Å². The summed E-state index contributed by atoms with van der Waals surface area (Å²) < 4.78 is 2.25. The highest BCUT2D eigenvalue weighted by Gasteiger charge is 2.13. The summed E-state index contributed by atoms with van der Waals surface area (Å²) in [5.41, 5.74) is 5.62. The Bertz CT molecular complexity index is 617. The fourth-order valence-electron chi connectivity index (χ4n) is 1.48. The van der Waals surface area contributed by atoms with Gasteiger partial charge in [-0.2, -0.15) is 11.8 Å². The molecule has 2 heterocycles. The van der Waals surface area contributed by atoms with Crippen LogP contribution in [-0.2, 0) is 0 Å². The number of rotatable bonds is 4. The molecular formula is C11H14N4O2S. The van der Waals surface area contributed by atoms with Crippen molar-refractivity contribution >= 4 is 23.3 Å². The van der Waals surface area contributed by atoms with E-state index in [1.54, 1.807) is 24.4 Å². The zero-order valence-corrected chi connectivity index (χ0v) is 10.8. The predicted octanol–water partition coefficient (Wildman–Crippen LogP) is 0.217. The summed E-state index contributed by atoms with van der Waals surface area (Å²) in [5, 5.41) is 3.98. The molecule has 0 aliphatic carbocycles. The summed E-state index contributed by atoms with van der Waals surface area (Å²) in [6, 6.07) is 5.19. The number of hydrogen-bond donors (Lipinski definition) is 1. The number of nitrogens with two attached hydrogens (primary N) is 1. The van der Waals surface area contributed by atoms with Gasteiger partial charge >= 0.3 is 5.69 Å². The number of carbonyl (C=O) groups excluding carboxylic acids is 1. The molecule has 0 amide bonds. The van der Waals surface area contributed by atoms with Gasteiger partial charge in [0.25, 0.3) is 5.91 Å². The largest absolute Gasteiger partial charge is 0.357 e. The average molecular weight is 266 g/mol. The molecule has 96 valence electrons. The highest BCUT2D eigenvalue weighted by Crippen LogP contribution is 2.02. The molecule has 0 spiro atoms. The molecule has 2 aromatic rings. The summed E-state index contributed by atoms with van der Waals surface area (Å²) in [7, 11) is 0. The molecule has 1 unspecified atom stereocenters. The monoisotopic (exact) mass is 266 g/mol. The zero-order valence-electron chi connectivity index (χ0n) is 9.94. The SMILES string of the molecule is CC(N)CSCC(=O)n1nc2ccccn2c1=O.